The van der Waals surface area contributed by atoms with Crippen LogP contribution in [-0.2, 0) is 11.3 Å². The lowest BCUT2D eigenvalue weighted by molar-refractivity contribution is -0.0530. The number of aliphatic hydroxyl groups excluding tert-OH is 1. The Morgan fingerprint density at radius 3 is 2.64 bits per heavy atom. The molecule has 28 heavy (non-hydrogen) atoms. The van der Waals surface area contributed by atoms with Gasteiger partial charge in [-0.3, -0.25) is 0 Å². The monoisotopic (exact) mass is 383 g/mol. The van der Waals surface area contributed by atoms with E-state index in [4.69, 9.17) is 14.2 Å². The molecule has 6 heteroatoms. The van der Waals surface area contributed by atoms with Gasteiger partial charge in [0.05, 0.1) is 18.8 Å². The second-order valence-electron chi connectivity index (χ2n) is 7.40. The lowest BCUT2D eigenvalue weighted by atomic mass is 9.81. The van der Waals surface area contributed by atoms with Crippen LogP contribution in [0.5, 0.6) is 11.5 Å². The van der Waals surface area contributed by atoms with Gasteiger partial charge in [0.1, 0.15) is 23.7 Å². The maximum atomic E-state index is 12.4. The van der Waals surface area contributed by atoms with Crippen molar-refractivity contribution in [3.8, 4) is 11.5 Å². The SMILES string of the molecule is COc1cccc2c1C(O)CC1(CCN(C(=O)OCc3ccccc3)CC1)O2. The number of aliphatic hydroxyl groups is 1. The highest BCUT2D eigenvalue weighted by molar-refractivity contribution is 5.67. The van der Waals surface area contributed by atoms with Crippen molar-refractivity contribution in [1.82, 2.24) is 4.90 Å². The summed E-state index contributed by atoms with van der Waals surface area (Å²) in [5.41, 5.74) is 1.21. The van der Waals surface area contributed by atoms with Crippen LogP contribution in [0.2, 0.25) is 0 Å². The van der Waals surface area contributed by atoms with E-state index in [0.29, 0.717) is 49.4 Å². The molecule has 2 aliphatic rings. The number of benzene rings is 2. The Morgan fingerprint density at radius 1 is 1.18 bits per heavy atom. The molecule has 1 saturated heterocycles. The number of hydrogen-bond acceptors (Lipinski definition) is 5. The van der Waals surface area contributed by atoms with Crippen molar-refractivity contribution >= 4 is 6.09 Å². The minimum Gasteiger partial charge on any atom is -0.496 e. The molecule has 1 unspecified atom stereocenters. The number of rotatable bonds is 3. The smallest absolute Gasteiger partial charge is 0.410 e. The molecule has 2 heterocycles. The van der Waals surface area contributed by atoms with Crippen LogP contribution in [0, 0.1) is 0 Å². The Labute approximate surface area is 164 Å². The fraction of sp³-hybridized carbons (Fsp3) is 0.409. The number of hydrogen-bond donors (Lipinski definition) is 1. The second kappa shape index (κ2) is 7.72. The summed E-state index contributed by atoms with van der Waals surface area (Å²) in [4.78, 5) is 14.1. The van der Waals surface area contributed by atoms with E-state index < -0.39 is 11.7 Å². The van der Waals surface area contributed by atoms with E-state index in [1.165, 1.54) is 0 Å². The molecule has 0 bridgehead atoms. The van der Waals surface area contributed by atoms with Crippen LogP contribution in [-0.4, -0.2) is 41.9 Å². The number of piperidine rings is 1. The third-order valence-electron chi connectivity index (χ3n) is 5.61. The van der Waals surface area contributed by atoms with Gasteiger partial charge in [-0.1, -0.05) is 36.4 Å². The molecule has 1 N–H and O–H groups in total. The van der Waals surface area contributed by atoms with E-state index in [1.54, 1.807) is 12.0 Å². The first-order chi connectivity index (χ1) is 13.6. The van der Waals surface area contributed by atoms with Gasteiger partial charge in [0.2, 0.25) is 0 Å². The Morgan fingerprint density at radius 2 is 1.93 bits per heavy atom. The highest BCUT2D eigenvalue weighted by Gasteiger charge is 2.44. The first kappa shape index (κ1) is 18.6. The maximum Gasteiger partial charge on any atom is 0.410 e. The van der Waals surface area contributed by atoms with Crippen molar-refractivity contribution in [2.24, 2.45) is 0 Å². The maximum absolute atomic E-state index is 12.4. The molecule has 1 atom stereocenters. The first-order valence-corrected chi connectivity index (χ1v) is 9.60. The van der Waals surface area contributed by atoms with E-state index in [2.05, 4.69) is 0 Å². The second-order valence-corrected chi connectivity index (χ2v) is 7.40. The average Bonchev–Trinajstić information content (AvgIpc) is 2.72. The summed E-state index contributed by atoms with van der Waals surface area (Å²) in [6, 6.07) is 15.2. The van der Waals surface area contributed by atoms with Crippen molar-refractivity contribution in [1.29, 1.82) is 0 Å². The Balaban J connectivity index is 1.37. The summed E-state index contributed by atoms with van der Waals surface area (Å²) >= 11 is 0. The minimum absolute atomic E-state index is 0.268. The standard InChI is InChI=1S/C22H25NO5/c1-26-18-8-5-9-19-20(18)17(24)14-22(28-19)10-12-23(13-11-22)21(25)27-15-16-6-3-2-4-7-16/h2-9,17,24H,10-15H2,1H3. The predicted octanol–water partition coefficient (Wildman–Crippen LogP) is 3.68. The number of ether oxygens (including phenoxy) is 3. The van der Waals surface area contributed by atoms with Crippen molar-refractivity contribution in [2.45, 2.75) is 37.6 Å². The van der Waals surface area contributed by atoms with Gasteiger partial charge in [0, 0.05) is 32.4 Å². The molecular formula is C22H25NO5. The molecular weight excluding hydrogens is 358 g/mol. The van der Waals surface area contributed by atoms with Crippen molar-refractivity contribution < 1.29 is 24.1 Å². The highest BCUT2D eigenvalue weighted by Crippen LogP contribution is 2.47. The van der Waals surface area contributed by atoms with Crippen LogP contribution in [0.4, 0.5) is 4.79 Å². The fourth-order valence-corrected chi connectivity index (χ4v) is 4.06. The largest absolute Gasteiger partial charge is 0.496 e. The van der Waals surface area contributed by atoms with E-state index in [0.717, 1.165) is 5.56 Å². The number of amides is 1. The van der Waals surface area contributed by atoms with E-state index in [1.807, 2.05) is 48.5 Å². The van der Waals surface area contributed by atoms with Gasteiger partial charge in [-0.05, 0) is 17.7 Å². The predicted molar refractivity (Wildman–Crippen MR) is 103 cm³/mol. The summed E-state index contributed by atoms with van der Waals surface area (Å²) in [6.45, 7) is 1.35. The quantitative estimate of drug-likeness (QED) is 0.876. The molecule has 2 aromatic rings. The zero-order valence-corrected chi connectivity index (χ0v) is 16.0. The van der Waals surface area contributed by atoms with Crippen LogP contribution >= 0.6 is 0 Å². The molecule has 0 saturated carbocycles. The van der Waals surface area contributed by atoms with Gasteiger partial charge in [0.25, 0.3) is 0 Å². The van der Waals surface area contributed by atoms with Crippen LogP contribution in [0.1, 0.15) is 36.5 Å². The van der Waals surface area contributed by atoms with Gasteiger partial charge in [-0.25, -0.2) is 4.79 Å². The fourth-order valence-electron chi connectivity index (χ4n) is 4.06. The Bertz CT molecular complexity index is 830. The summed E-state index contributed by atoms with van der Waals surface area (Å²) in [5, 5.41) is 10.7. The van der Waals surface area contributed by atoms with Gasteiger partial charge >= 0.3 is 6.09 Å². The summed E-state index contributed by atoms with van der Waals surface area (Å²) < 4.78 is 17.1. The zero-order chi connectivity index (χ0) is 19.6. The van der Waals surface area contributed by atoms with Crippen LogP contribution < -0.4 is 9.47 Å². The molecule has 2 aromatic carbocycles. The third-order valence-corrected chi connectivity index (χ3v) is 5.61. The Kier molecular flexibility index (Phi) is 5.13. The van der Waals surface area contributed by atoms with Crippen molar-refractivity contribution in [3.63, 3.8) is 0 Å². The molecule has 0 aromatic heterocycles. The average molecular weight is 383 g/mol. The van der Waals surface area contributed by atoms with Gasteiger partial charge in [-0.15, -0.1) is 0 Å². The molecule has 1 fully saturated rings. The molecule has 148 valence electrons. The van der Waals surface area contributed by atoms with E-state index in [-0.39, 0.29) is 12.7 Å². The molecule has 4 rings (SSSR count). The van der Waals surface area contributed by atoms with Crippen LogP contribution in [0.15, 0.2) is 48.5 Å². The van der Waals surface area contributed by atoms with Crippen molar-refractivity contribution in [3.05, 3.63) is 59.7 Å². The Hall–Kier alpha value is -2.73. The number of fused-ring (bicyclic) bond motifs is 1. The van der Waals surface area contributed by atoms with E-state index >= 15 is 0 Å². The first-order valence-electron chi connectivity index (χ1n) is 9.60. The number of methoxy groups -OCH3 is 1. The molecule has 6 nitrogen and oxygen atoms in total. The van der Waals surface area contributed by atoms with Crippen molar-refractivity contribution in [2.75, 3.05) is 20.2 Å². The number of likely N-dealkylation sites (tertiary alicyclic amines) is 1. The van der Waals surface area contributed by atoms with Crippen LogP contribution in [0.3, 0.4) is 0 Å². The lowest BCUT2D eigenvalue weighted by Gasteiger charge is -2.45. The molecule has 1 amide bonds. The number of carbonyl (C=O) groups excluding carboxylic acids is 1. The molecule has 0 radical (unpaired) electrons. The molecule has 0 aliphatic carbocycles. The topological polar surface area (TPSA) is 68.2 Å². The highest BCUT2D eigenvalue weighted by atomic mass is 16.6. The normalized spacial score (nSPS) is 20.2. The molecule has 1 spiro atoms. The van der Waals surface area contributed by atoms with Crippen LogP contribution in [0.25, 0.3) is 0 Å². The number of nitrogens with zero attached hydrogens (tertiary/aromatic N) is 1. The zero-order valence-electron chi connectivity index (χ0n) is 16.0. The third kappa shape index (κ3) is 3.64. The minimum atomic E-state index is -0.642. The lowest BCUT2D eigenvalue weighted by Crippen LogP contribution is -2.51. The summed E-state index contributed by atoms with van der Waals surface area (Å²) in [6.07, 6.45) is 0.851. The van der Waals surface area contributed by atoms with Gasteiger partial charge in [-0.2, -0.15) is 0 Å². The van der Waals surface area contributed by atoms with Gasteiger partial charge < -0.3 is 24.2 Å². The number of carbonyl (C=O) groups is 1. The van der Waals surface area contributed by atoms with E-state index in [9.17, 15) is 9.90 Å². The molecule has 2 aliphatic heterocycles. The van der Waals surface area contributed by atoms with Gasteiger partial charge in [0.15, 0.2) is 0 Å². The summed E-state index contributed by atoms with van der Waals surface area (Å²) in [7, 11) is 1.59. The summed E-state index contributed by atoms with van der Waals surface area (Å²) in [5.74, 6) is 1.31.